The van der Waals surface area contributed by atoms with Crippen molar-refractivity contribution in [1.82, 2.24) is 0 Å². The molecule has 0 aliphatic rings. The lowest BCUT2D eigenvalue weighted by atomic mass is 9.91. The second-order valence-electron chi connectivity index (χ2n) is 6.00. The molecule has 0 radical (unpaired) electrons. The van der Waals surface area contributed by atoms with Crippen molar-refractivity contribution in [3.8, 4) is 0 Å². The Hall–Kier alpha value is -1.18. The van der Waals surface area contributed by atoms with Crippen LogP contribution in [0.25, 0.3) is 0 Å². The Morgan fingerprint density at radius 2 is 1.76 bits per heavy atom. The molecule has 0 saturated heterocycles. The molecule has 0 amide bonds. The number of nitrogens with zero attached hydrogens (tertiary/aromatic N) is 1. The van der Waals surface area contributed by atoms with Gasteiger partial charge >= 0.3 is 0 Å². The van der Waals surface area contributed by atoms with Gasteiger partial charge in [0, 0.05) is 20.6 Å². The Labute approximate surface area is 106 Å². The van der Waals surface area contributed by atoms with Gasteiger partial charge in [-0.2, -0.15) is 0 Å². The Morgan fingerprint density at radius 3 is 2.35 bits per heavy atom. The largest absolute Gasteiger partial charge is 0.383 e. The highest BCUT2D eigenvalue weighted by Crippen LogP contribution is 2.24. The molecular weight excluding hydrogens is 208 g/mol. The van der Waals surface area contributed by atoms with E-state index in [4.69, 9.17) is 0 Å². The minimum absolute atomic E-state index is 0.433. The first-order valence-electron chi connectivity index (χ1n) is 6.40. The van der Waals surface area contributed by atoms with E-state index in [-0.39, 0.29) is 0 Å². The third-order valence-corrected chi connectivity index (χ3v) is 2.80. The molecule has 1 aromatic carbocycles. The maximum absolute atomic E-state index is 3.53. The fourth-order valence-corrected chi connectivity index (χ4v) is 1.85. The zero-order valence-electron chi connectivity index (χ0n) is 11.9. The molecule has 2 nitrogen and oxygen atoms in total. The summed E-state index contributed by atoms with van der Waals surface area (Å²) in [6.07, 6.45) is 2.47. The standard InChI is InChI=1S/C15H26N2/c1-15(2,3)11-8-12-16-13-9-6-7-10-14(13)17(4)5/h6-7,9-10,16H,8,11-12H2,1-5H3. The maximum atomic E-state index is 3.53. The highest BCUT2D eigenvalue weighted by molar-refractivity contribution is 5.69. The van der Waals surface area contributed by atoms with E-state index in [1.165, 1.54) is 24.2 Å². The maximum Gasteiger partial charge on any atom is 0.0596 e. The molecule has 0 aromatic heterocycles. The molecule has 0 unspecified atom stereocenters. The van der Waals surface area contributed by atoms with Crippen molar-refractivity contribution in [3.63, 3.8) is 0 Å². The summed E-state index contributed by atoms with van der Waals surface area (Å²) in [6, 6.07) is 8.45. The normalized spacial score (nSPS) is 11.4. The number of anilines is 2. The topological polar surface area (TPSA) is 15.3 Å². The average molecular weight is 234 g/mol. The van der Waals surface area contributed by atoms with Crippen molar-refractivity contribution in [1.29, 1.82) is 0 Å². The van der Waals surface area contributed by atoms with Crippen molar-refractivity contribution in [3.05, 3.63) is 24.3 Å². The van der Waals surface area contributed by atoms with E-state index < -0.39 is 0 Å². The predicted molar refractivity (Wildman–Crippen MR) is 77.9 cm³/mol. The molecule has 0 saturated carbocycles. The van der Waals surface area contributed by atoms with Crippen LogP contribution >= 0.6 is 0 Å². The van der Waals surface area contributed by atoms with Crippen LogP contribution in [-0.4, -0.2) is 20.6 Å². The van der Waals surface area contributed by atoms with Gasteiger partial charge in [0.25, 0.3) is 0 Å². The Morgan fingerprint density at radius 1 is 1.12 bits per heavy atom. The van der Waals surface area contributed by atoms with Crippen LogP contribution in [0.4, 0.5) is 11.4 Å². The van der Waals surface area contributed by atoms with Crippen molar-refractivity contribution >= 4 is 11.4 Å². The summed E-state index contributed by atoms with van der Waals surface area (Å²) in [6.45, 7) is 7.92. The van der Waals surface area contributed by atoms with Gasteiger partial charge in [-0.25, -0.2) is 0 Å². The number of hydrogen-bond donors (Lipinski definition) is 1. The highest BCUT2D eigenvalue weighted by atomic mass is 15.1. The van der Waals surface area contributed by atoms with Crippen LogP contribution in [0.5, 0.6) is 0 Å². The number of benzene rings is 1. The predicted octanol–water partition coefficient (Wildman–Crippen LogP) is 3.99. The van der Waals surface area contributed by atoms with Gasteiger partial charge in [0.1, 0.15) is 0 Å². The van der Waals surface area contributed by atoms with Gasteiger partial charge < -0.3 is 10.2 Å². The molecule has 0 aliphatic heterocycles. The van der Waals surface area contributed by atoms with Crippen molar-refractivity contribution in [2.45, 2.75) is 33.6 Å². The average Bonchev–Trinajstić information content (AvgIpc) is 2.23. The van der Waals surface area contributed by atoms with E-state index in [1.807, 2.05) is 0 Å². The zero-order chi connectivity index (χ0) is 12.9. The molecule has 0 atom stereocenters. The number of rotatable bonds is 5. The van der Waals surface area contributed by atoms with Crippen LogP contribution < -0.4 is 10.2 Å². The summed E-state index contributed by atoms with van der Waals surface area (Å²) >= 11 is 0. The van der Waals surface area contributed by atoms with Gasteiger partial charge in [-0.3, -0.25) is 0 Å². The molecule has 1 rings (SSSR count). The number of para-hydroxylation sites is 2. The summed E-state index contributed by atoms with van der Waals surface area (Å²) in [4.78, 5) is 2.14. The molecule has 1 N–H and O–H groups in total. The van der Waals surface area contributed by atoms with Gasteiger partial charge in [0.2, 0.25) is 0 Å². The third-order valence-electron chi connectivity index (χ3n) is 2.80. The van der Waals surface area contributed by atoms with Gasteiger partial charge in [-0.05, 0) is 30.4 Å². The molecule has 17 heavy (non-hydrogen) atoms. The molecule has 96 valence electrons. The minimum Gasteiger partial charge on any atom is -0.383 e. The van der Waals surface area contributed by atoms with E-state index >= 15 is 0 Å². The molecule has 0 bridgehead atoms. The summed E-state index contributed by atoms with van der Waals surface area (Å²) in [7, 11) is 4.16. The minimum atomic E-state index is 0.433. The van der Waals surface area contributed by atoms with Crippen LogP contribution in [0.2, 0.25) is 0 Å². The number of nitrogens with one attached hydrogen (secondary N) is 1. The van der Waals surface area contributed by atoms with Crippen molar-refractivity contribution < 1.29 is 0 Å². The molecule has 0 aliphatic carbocycles. The van der Waals surface area contributed by atoms with Gasteiger partial charge in [-0.15, -0.1) is 0 Å². The molecule has 0 heterocycles. The Balaban J connectivity index is 2.47. The number of hydrogen-bond acceptors (Lipinski definition) is 2. The molecule has 0 fully saturated rings. The SMILES string of the molecule is CN(C)c1ccccc1NCCCC(C)(C)C. The van der Waals surface area contributed by atoms with E-state index in [0.717, 1.165) is 6.54 Å². The first kappa shape index (κ1) is 13.9. The van der Waals surface area contributed by atoms with Gasteiger partial charge in [0.15, 0.2) is 0 Å². The summed E-state index contributed by atoms with van der Waals surface area (Å²) in [5, 5.41) is 3.53. The smallest absolute Gasteiger partial charge is 0.0596 e. The van der Waals surface area contributed by atoms with Crippen LogP contribution in [0, 0.1) is 5.41 Å². The second-order valence-corrected chi connectivity index (χ2v) is 6.00. The summed E-state index contributed by atoms with van der Waals surface area (Å²) in [5.74, 6) is 0. The molecule has 1 aromatic rings. The monoisotopic (exact) mass is 234 g/mol. The van der Waals surface area contributed by atoms with Gasteiger partial charge in [0.05, 0.1) is 11.4 Å². The van der Waals surface area contributed by atoms with E-state index in [2.05, 4.69) is 69.3 Å². The van der Waals surface area contributed by atoms with Crippen LogP contribution in [0.3, 0.4) is 0 Å². The molecule has 0 spiro atoms. The summed E-state index contributed by atoms with van der Waals surface area (Å²) < 4.78 is 0. The fraction of sp³-hybridized carbons (Fsp3) is 0.600. The Bertz CT molecular complexity index is 337. The van der Waals surface area contributed by atoms with Crippen LogP contribution in [0.15, 0.2) is 24.3 Å². The van der Waals surface area contributed by atoms with E-state index in [9.17, 15) is 0 Å². The Kier molecular flexibility index (Phi) is 4.86. The molecule has 2 heteroatoms. The highest BCUT2D eigenvalue weighted by Gasteiger charge is 2.09. The third kappa shape index (κ3) is 5.12. The van der Waals surface area contributed by atoms with Gasteiger partial charge in [-0.1, -0.05) is 32.9 Å². The van der Waals surface area contributed by atoms with E-state index in [1.54, 1.807) is 0 Å². The fourth-order valence-electron chi connectivity index (χ4n) is 1.85. The second kappa shape index (κ2) is 5.95. The lowest BCUT2D eigenvalue weighted by Gasteiger charge is -2.20. The molecular formula is C15H26N2. The van der Waals surface area contributed by atoms with Crippen LogP contribution in [0.1, 0.15) is 33.6 Å². The summed E-state index contributed by atoms with van der Waals surface area (Å²) in [5.41, 5.74) is 2.91. The quantitative estimate of drug-likeness (QED) is 0.775. The zero-order valence-corrected chi connectivity index (χ0v) is 11.9. The first-order chi connectivity index (χ1) is 7.90. The van der Waals surface area contributed by atoms with Crippen molar-refractivity contribution in [2.24, 2.45) is 5.41 Å². The lowest BCUT2D eigenvalue weighted by Crippen LogP contribution is -2.13. The van der Waals surface area contributed by atoms with Crippen molar-refractivity contribution in [2.75, 3.05) is 30.9 Å². The lowest BCUT2D eigenvalue weighted by molar-refractivity contribution is 0.370. The van der Waals surface area contributed by atoms with Crippen LogP contribution in [-0.2, 0) is 0 Å². The van der Waals surface area contributed by atoms with E-state index in [0.29, 0.717) is 5.41 Å². The first-order valence-corrected chi connectivity index (χ1v) is 6.40.